The minimum atomic E-state index is 0.00160. The molecule has 146 valence electrons. The highest BCUT2D eigenvalue weighted by molar-refractivity contribution is 5.98. The van der Waals surface area contributed by atoms with Gasteiger partial charge in [0.1, 0.15) is 5.75 Å². The zero-order valence-corrected chi connectivity index (χ0v) is 16.4. The van der Waals surface area contributed by atoms with E-state index >= 15 is 0 Å². The van der Waals surface area contributed by atoms with E-state index in [4.69, 9.17) is 4.74 Å². The summed E-state index contributed by atoms with van der Waals surface area (Å²) in [6.07, 6.45) is 4.89. The molecule has 1 heterocycles. The number of amides is 1. The van der Waals surface area contributed by atoms with Crippen LogP contribution in [0.25, 0.3) is 0 Å². The van der Waals surface area contributed by atoms with Gasteiger partial charge in [0.05, 0.1) is 0 Å². The van der Waals surface area contributed by atoms with Crippen LogP contribution >= 0.6 is 0 Å². The van der Waals surface area contributed by atoms with Crippen molar-refractivity contribution < 1.29 is 14.3 Å². The molecule has 1 saturated heterocycles. The van der Waals surface area contributed by atoms with Crippen molar-refractivity contribution in [2.75, 3.05) is 19.7 Å². The van der Waals surface area contributed by atoms with Crippen molar-refractivity contribution in [3.8, 4) is 5.75 Å². The summed E-state index contributed by atoms with van der Waals surface area (Å²) < 4.78 is 5.74. The van der Waals surface area contributed by atoms with E-state index in [0.717, 1.165) is 42.6 Å². The number of hydrogen-bond acceptors (Lipinski definition) is 3. The molecule has 28 heavy (non-hydrogen) atoms. The number of Topliss-reactive ketones (excluding diaryl/α,β-unsaturated/α-hetero) is 1. The number of benzene rings is 2. The zero-order chi connectivity index (χ0) is 19.5. The predicted octanol–water partition coefficient (Wildman–Crippen LogP) is 3.98. The van der Waals surface area contributed by atoms with Crippen LogP contribution in [0.5, 0.6) is 5.75 Å². The third-order valence-corrected chi connectivity index (χ3v) is 5.99. The SMILES string of the molecule is Cc1ccc(C(=O)C2CCN(C(=O)COc3ccc4c(c3)CCC4)CC2)cc1. The molecule has 1 aliphatic heterocycles. The van der Waals surface area contributed by atoms with E-state index in [1.165, 1.54) is 17.5 Å². The van der Waals surface area contributed by atoms with Gasteiger partial charge in [-0.05, 0) is 62.3 Å². The number of fused-ring (bicyclic) bond motifs is 1. The van der Waals surface area contributed by atoms with Gasteiger partial charge in [0.25, 0.3) is 5.91 Å². The number of likely N-dealkylation sites (tertiary alicyclic amines) is 1. The normalized spacial score (nSPS) is 16.7. The molecule has 4 rings (SSSR count). The topological polar surface area (TPSA) is 46.6 Å². The van der Waals surface area contributed by atoms with Crippen LogP contribution in [-0.4, -0.2) is 36.3 Å². The fraction of sp³-hybridized carbons (Fsp3) is 0.417. The number of rotatable bonds is 5. The van der Waals surface area contributed by atoms with Crippen molar-refractivity contribution in [1.82, 2.24) is 4.90 Å². The van der Waals surface area contributed by atoms with Gasteiger partial charge in [-0.3, -0.25) is 9.59 Å². The minimum Gasteiger partial charge on any atom is -0.484 e. The monoisotopic (exact) mass is 377 g/mol. The molecular weight excluding hydrogens is 350 g/mol. The third-order valence-electron chi connectivity index (χ3n) is 5.99. The summed E-state index contributed by atoms with van der Waals surface area (Å²) in [5.41, 5.74) is 4.68. The molecule has 0 atom stereocenters. The van der Waals surface area contributed by atoms with Gasteiger partial charge in [-0.2, -0.15) is 0 Å². The molecule has 4 nitrogen and oxygen atoms in total. The lowest BCUT2D eigenvalue weighted by Crippen LogP contribution is -2.42. The van der Waals surface area contributed by atoms with Crippen LogP contribution in [0.4, 0.5) is 0 Å². The number of carbonyl (C=O) groups is 2. The smallest absolute Gasteiger partial charge is 0.260 e. The number of piperidine rings is 1. The molecule has 0 spiro atoms. The summed E-state index contributed by atoms with van der Waals surface area (Å²) in [6.45, 7) is 3.32. The van der Waals surface area contributed by atoms with Gasteiger partial charge < -0.3 is 9.64 Å². The predicted molar refractivity (Wildman–Crippen MR) is 109 cm³/mol. The Balaban J connectivity index is 1.27. The largest absolute Gasteiger partial charge is 0.484 e. The molecule has 0 unspecified atom stereocenters. The van der Waals surface area contributed by atoms with Gasteiger partial charge >= 0.3 is 0 Å². The van der Waals surface area contributed by atoms with Gasteiger partial charge in [0.2, 0.25) is 0 Å². The van der Waals surface area contributed by atoms with Gasteiger partial charge in [-0.25, -0.2) is 0 Å². The Bertz CT molecular complexity index is 864. The van der Waals surface area contributed by atoms with Crippen molar-refractivity contribution in [3.63, 3.8) is 0 Å². The van der Waals surface area contributed by atoms with E-state index in [1.807, 2.05) is 42.2 Å². The van der Waals surface area contributed by atoms with Gasteiger partial charge in [-0.15, -0.1) is 0 Å². The van der Waals surface area contributed by atoms with Gasteiger partial charge in [0.15, 0.2) is 12.4 Å². The second-order valence-electron chi connectivity index (χ2n) is 7.96. The van der Waals surface area contributed by atoms with Crippen LogP contribution < -0.4 is 4.74 Å². The maximum absolute atomic E-state index is 12.7. The molecule has 0 radical (unpaired) electrons. The Labute approximate surface area is 166 Å². The molecular formula is C24H27NO3. The number of hydrogen-bond donors (Lipinski definition) is 0. The molecule has 2 aromatic carbocycles. The van der Waals surface area contributed by atoms with Gasteiger partial charge in [-0.1, -0.05) is 35.9 Å². The van der Waals surface area contributed by atoms with E-state index in [9.17, 15) is 9.59 Å². The quantitative estimate of drug-likeness (QED) is 0.741. The molecule has 2 aromatic rings. The van der Waals surface area contributed by atoms with E-state index in [1.54, 1.807) is 0 Å². The number of carbonyl (C=O) groups excluding carboxylic acids is 2. The average Bonchev–Trinajstić information content (AvgIpc) is 3.20. The highest BCUT2D eigenvalue weighted by Crippen LogP contribution is 2.26. The summed E-state index contributed by atoms with van der Waals surface area (Å²) in [5, 5.41) is 0. The number of ketones is 1. The molecule has 1 aliphatic carbocycles. The van der Waals surface area contributed by atoms with Gasteiger partial charge in [0, 0.05) is 24.6 Å². The summed E-state index contributed by atoms with van der Waals surface area (Å²) in [7, 11) is 0. The van der Waals surface area contributed by atoms with Crippen molar-refractivity contribution in [1.29, 1.82) is 0 Å². The Kier molecular flexibility index (Phi) is 5.47. The average molecular weight is 377 g/mol. The van der Waals surface area contributed by atoms with Crippen molar-refractivity contribution in [2.24, 2.45) is 5.92 Å². The second-order valence-corrected chi connectivity index (χ2v) is 7.96. The maximum Gasteiger partial charge on any atom is 0.260 e. The molecule has 1 fully saturated rings. The van der Waals surface area contributed by atoms with Crippen LogP contribution in [0.3, 0.4) is 0 Å². The summed E-state index contributed by atoms with van der Waals surface area (Å²) >= 11 is 0. The Morgan fingerprint density at radius 2 is 1.71 bits per heavy atom. The number of aryl methyl sites for hydroxylation is 3. The highest BCUT2D eigenvalue weighted by atomic mass is 16.5. The van der Waals surface area contributed by atoms with Crippen LogP contribution in [0, 0.1) is 12.8 Å². The lowest BCUT2D eigenvalue weighted by atomic mass is 9.88. The number of nitrogens with zero attached hydrogens (tertiary/aromatic N) is 1. The first kappa shape index (κ1) is 18.7. The minimum absolute atomic E-state index is 0.00160. The van der Waals surface area contributed by atoms with Crippen LogP contribution in [0.2, 0.25) is 0 Å². The molecule has 0 aromatic heterocycles. The first-order valence-corrected chi connectivity index (χ1v) is 10.2. The second kappa shape index (κ2) is 8.17. The first-order valence-electron chi connectivity index (χ1n) is 10.2. The lowest BCUT2D eigenvalue weighted by molar-refractivity contribution is -0.134. The molecule has 0 N–H and O–H groups in total. The van der Waals surface area contributed by atoms with E-state index < -0.39 is 0 Å². The fourth-order valence-electron chi connectivity index (χ4n) is 4.22. The molecule has 0 saturated carbocycles. The van der Waals surface area contributed by atoms with Crippen molar-refractivity contribution >= 4 is 11.7 Å². The lowest BCUT2D eigenvalue weighted by Gasteiger charge is -2.31. The Morgan fingerprint density at radius 1 is 1.00 bits per heavy atom. The number of ether oxygens (including phenoxy) is 1. The Hall–Kier alpha value is -2.62. The first-order chi connectivity index (χ1) is 13.6. The molecule has 4 heteroatoms. The van der Waals surface area contributed by atoms with Crippen LogP contribution in [0.1, 0.15) is 46.3 Å². The zero-order valence-electron chi connectivity index (χ0n) is 16.4. The molecule has 1 amide bonds. The fourth-order valence-corrected chi connectivity index (χ4v) is 4.22. The highest BCUT2D eigenvalue weighted by Gasteiger charge is 2.28. The van der Waals surface area contributed by atoms with Crippen molar-refractivity contribution in [3.05, 3.63) is 64.7 Å². The van der Waals surface area contributed by atoms with E-state index in [-0.39, 0.29) is 24.2 Å². The maximum atomic E-state index is 12.7. The molecule has 2 aliphatic rings. The summed E-state index contributed by atoms with van der Waals surface area (Å²) in [6, 6.07) is 13.9. The van der Waals surface area contributed by atoms with E-state index in [2.05, 4.69) is 12.1 Å². The van der Waals surface area contributed by atoms with Crippen molar-refractivity contribution in [2.45, 2.75) is 39.0 Å². The van der Waals surface area contributed by atoms with Crippen LogP contribution in [-0.2, 0) is 17.6 Å². The summed E-state index contributed by atoms with van der Waals surface area (Å²) in [5.74, 6) is 0.978. The Morgan fingerprint density at radius 3 is 2.46 bits per heavy atom. The molecule has 0 bridgehead atoms. The standard InChI is InChI=1S/C24H27NO3/c1-17-5-7-19(8-6-17)24(27)20-11-13-25(14-12-20)23(26)16-28-22-10-9-18-3-2-4-21(18)15-22/h5-10,15,20H,2-4,11-14,16H2,1H3. The summed E-state index contributed by atoms with van der Waals surface area (Å²) in [4.78, 5) is 27.0. The van der Waals surface area contributed by atoms with Crippen LogP contribution in [0.15, 0.2) is 42.5 Å². The van der Waals surface area contributed by atoms with E-state index in [0.29, 0.717) is 13.1 Å². The third kappa shape index (κ3) is 4.11.